The highest BCUT2D eigenvalue weighted by atomic mass is 35.5. The van der Waals surface area contributed by atoms with Gasteiger partial charge in [-0.05, 0) is 32.4 Å². The highest BCUT2D eigenvalue weighted by Gasteiger charge is 2.01. The van der Waals surface area contributed by atoms with Crippen LogP contribution >= 0.6 is 11.6 Å². The summed E-state index contributed by atoms with van der Waals surface area (Å²) in [7, 11) is 0. The maximum atomic E-state index is 5.63. The molecule has 0 unspecified atom stereocenters. The lowest BCUT2D eigenvalue weighted by Crippen LogP contribution is -2.13. The Labute approximate surface area is 76.4 Å². The number of nitrogens with one attached hydrogen (secondary N) is 1. The summed E-state index contributed by atoms with van der Waals surface area (Å²) >= 11 is 5.63. The van der Waals surface area contributed by atoms with Crippen LogP contribution in [0.2, 0.25) is 5.28 Å². The van der Waals surface area contributed by atoms with Gasteiger partial charge in [0.1, 0.15) is 5.82 Å². The van der Waals surface area contributed by atoms with Crippen molar-refractivity contribution in [3.05, 3.63) is 11.1 Å². The average molecular weight is 187 g/mol. The Bertz CT molecular complexity index is 254. The van der Waals surface area contributed by atoms with Crippen molar-refractivity contribution in [2.75, 3.05) is 5.32 Å². The third-order valence-electron chi connectivity index (χ3n) is 1.14. The van der Waals surface area contributed by atoms with E-state index < -0.39 is 0 Å². The third kappa shape index (κ3) is 2.62. The Morgan fingerprint density at radius 2 is 1.92 bits per heavy atom. The predicted molar refractivity (Wildman–Crippen MR) is 48.3 cm³/mol. The van der Waals surface area contributed by atoms with E-state index in [0.29, 0.717) is 17.8 Å². The van der Waals surface area contributed by atoms with Gasteiger partial charge in [0.25, 0.3) is 0 Å². The zero-order valence-electron chi connectivity index (χ0n) is 7.30. The summed E-state index contributed by atoms with van der Waals surface area (Å²) in [6, 6.07) is 0.294. The summed E-state index contributed by atoms with van der Waals surface area (Å²) in [4.78, 5) is 11.8. The molecule has 0 amide bonds. The molecular weight excluding hydrogens is 176 g/mol. The van der Waals surface area contributed by atoms with Crippen LogP contribution in [-0.4, -0.2) is 21.0 Å². The van der Waals surface area contributed by atoms with Gasteiger partial charge in [-0.3, -0.25) is 0 Å². The zero-order chi connectivity index (χ0) is 9.14. The first-order valence-electron chi connectivity index (χ1n) is 3.72. The summed E-state index contributed by atoms with van der Waals surface area (Å²) in [5.74, 6) is 1.15. The SMILES string of the molecule is Cc1nc(Cl)nc(NC(C)C)n1. The first-order chi connectivity index (χ1) is 5.58. The molecule has 1 N–H and O–H groups in total. The van der Waals surface area contributed by atoms with E-state index in [0.717, 1.165) is 0 Å². The Balaban J connectivity index is 2.85. The van der Waals surface area contributed by atoms with E-state index in [1.165, 1.54) is 0 Å². The van der Waals surface area contributed by atoms with Crippen LogP contribution in [0, 0.1) is 6.92 Å². The third-order valence-corrected chi connectivity index (χ3v) is 1.31. The standard InChI is InChI=1S/C7H11ClN4/c1-4(2)9-7-11-5(3)10-6(8)12-7/h4H,1-3H3,(H,9,10,11,12). The Kier molecular flexibility index (Phi) is 2.81. The maximum Gasteiger partial charge on any atom is 0.227 e. The fourth-order valence-corrected chi connectivity index (χ4v) is 0.974. The number of nitrogens with zero attached hydrogens (tertiary/aromatic N) is 3. The minimum Gasteiger partial charge on any atom is -0.352 e. The molecule has 0 aromatic carbocycles. The Morgan fingerprint density at radius 3 is 2.42 bits per heavy atom. The zero-order valence-corrected chi connectivity index (χ0v) is 8.05. The second kappa shape index (κ2) is 3.67. The van der Waals surface area contributed by atoms with E-state index in [-0.39, 0.29) is 5.28 Å². The summed E-state index contributed by atoms with van der Waals surface area (Å²) in [6.45, 7) is 5.79. The molecule has 5 heteroatoms. The van der Waals surface area contributed by atoms with Crippen molar-refractivity contribution in [1.82, 2.24) is 15.0 Å². The Hall–Kier alpha value is -0.900. The number of hydrogen-bond acceptors (Lipinski definition) is 4. The molecule has 0 saturated heterocycles. The molecule has 12 heavy (non-hydrogen) atoms. The van der Waals surface area contributed by atoms with Gasteiger partial charge in [-0.25, -0.2) is 4.98 Å². The summed E-state index contributed by atoms with van der Waals surface area (Å²) in [5.41, 5.74) is 0. The van der Waals surface area contributed by atoms with Crippen molar-refractivity contribution >= 4 is 17.5 Å². The van der Waals surface area contributed by atoms with Gasteiger partial charge < -0.3 is 5.32 Å². The van der Waals surface area contributed by atoms with Gasteiger partial charge in [0.05, 0.1) is 0 Å². The minimum absolute atomic E-state index is 0.227. The van der Waals surface area contributed by atoms with Crippen LogP contribution in [0.4, 0.5) is 5.95 Å². The highest BCUT2D eigenvalue weighted by Crippen LogP contribution is 2.05. The molecule has 4 nitrogen and oxygen atoms in total. The summed E-state index contributed by atoms with van der Waals surface area (Å²) in [6.07, 6.45) is 0. The number of aryl methyl sites for hydroxylation is 1. The minimum atomic E-state index is 0.227. The fourth-order valence-electron chi connectivity index (χ4n) is 0.772. The fraction of sp³-hybridized carbons (Fsp3) is 0.571. The molecule has 0 radical (unpaired) electrons. The van der Waals surface area contributed by atoms with Crippen LogP contribution in [0.15, 0.2) is 0 Å². The van der Waals surface area contributed by atoms with Crippen molar-refractivity contribution in [1.29, 1.82) is 0 Å². The lowest BCUT2D eigenvalue weighted by molar-refractivity contribution is 0.856. The van der Waals surface area contributed by atoms with E-state index in [9.17, 15) is 0 Å². The molecule has 0 bridgehead atoms. The van der Waals surface area contributed by atoms with Crippen molar-refractivity contribution in [3.8, 4) is 0 Å². The van der Waals surface area contributed by atoms with Crippen LogP contribution in [0.3, 0.4) is 0 Å². The molecule has 1 aromatic heterocycles. The van der Waals surface area contributed by atoms with Crippen molar-refractivity contribution < 1.29 is 0 Å². The maximum absolute atomic E-state index is 5.63. The first kappa shape index (κ1) is 9.19. The molecule has 0 spiro atoms. The first-order valence-corrected chi connectivity index (χ1v) is 4.10. The van der Waals surface area contributed by atoms with Crippen LogP contribution < -0.4 is 5.32 Å². The molecule has 0 saturated carbocycles. The molecule has 1 aromatic rings. The monoisotopic (exact) mass is 186 g/mol. The summed E-state index contributed by atoms with van der Waals surface area (Å²) in [5, 5.41) is 3.27. The number of halogens is 1. The number of rotatable bonds is 2. The second-order valence-electron chi connectivity index (χ2n) is 2.77. The van der Waals surface area contributed by atoms with Crippen molar-refractivity contribution in [2.45, 2.75) is 26.8 Å². The van der Waals surface area contributed by atoms with Crippen molar-refractivity contribution in [2.24, 2.45) is 0 Å². The van der Waals surface area contributed by atoms with Crippen LogP contribution in [0.1, 0.15) is 19.7 Å². The molecule has 0 fully saturated rings. The largest absolute Gasteiger partial charge is 0.352 e. The molecule has 1 heterocycles. The smallest absolute Gasteiger partial charge is 0.227 e. The van der Waals surface area contributed by atoms with Gasteiger partial charge in [0.15, 0.2) is 0 Å². The van der Waals surface area contributed by atoms with Gasteiger partial charge in [-0.15, -0.1) is 0 Å². The molecule has 0 aliphatic rings. The lowest BCUT2D eigenvalue weighted by Gasteiger charge is -2.07. The van der Waals surface area contributed by atoms with Crippen molar-refractivity contribution in [3.63, 3.8) is 0 Å². The average Bonchev–Trinajstić information content (AvgIpc) is 1.81. The predicted octanol–water partition coefficient (Wildman–Crippen LogP) is 1.65. The molecule has 0 aliphatic heterocycles. The molecule has 0 atom stereocenters. The van der Waals surface area contributed by atoms with Gasteiger partial charge in [-0.1, -0.05) is 0 Å². The second-order valence-corrected chi connectivity index (χ2v) is 3.11. The topological polar surface area (TPSA) is 50.7 Å². The summed E-state index contributed by atoms with van der Waals surface area (Å²) < 4.78 is 0. The molecule has 0 aliphatic carbocycles. The van der Waals surface area contributed by atoms with E-state index >= 15 is 0 Å². The van der Waals surface area contributed by atoms with Crippen LogP contribution in [0.5, 0.6) is 0 Å². The van der Waals surface area contributed by atoms with Crippen LogP contribution in [0.25, 0.3) is 0 Å². The van der Waals surface area contributed by atoms with E-state index in [2.05, 4.69) is 20.3 Å². The van der Waals surface area contributed by atoms with Gasteiger partial charge >= 0.3 is 0 Å². The molecule has 66 valence electrons. The van der Waals surface area contributed by atoms with Gasteiger partial charge in [0.2, 0.25) is 11.2 Å². The van der Waals surface area contributed by atoms with E-state index in [1.54, 1.807) is 6.92 Å². The highest BCUT2D eigenvalue weighted by molar-refractivity contribution is 6.28. The van der Waals surface area contributed by atoms with E-state index in [4.69, 9.17) is 11.6 Å². The van der Waals surface area contributed by atoms with Gasteiger partial charge in [0, 0.05) is 6.04 Å². The van der Waals surface area contributed by atoms with Crippen LogP contribution in [-0.2, 0) is 0 Å². The quantitative estimate of drug-likeness (QED) is 0.763. The number of hydrogen-bond donors (Lipinski definition) is 1. The molecular formula is C7H11ClN4. The van der Waals surface area contributed by atoms with E-state index in [1.807, 2.05) is 13.8 Å². The lowest BCUT2D eigenvalue weighted by atomic mass is 10.4. The molecule has 1 rings (SSSR count). The number of aromatic nitrogens is 3. The van der Waals surface area contributed by atoms with Gasteiger partial charge in [-0.2, -0.15) is 9.97 Å². The number of anilines is 1. The Morgan fingerprint density at radius 1 is 1.25 bits per heavy atom. The normalized spacial score (nSPS) is 10.4.